The molecule has 82 valence electrons. The maximum Gasteiger partial charge on any atom is 0.237 e. The first-order chi connectivity index (χ1) is 7.18. The van der Waals surface area contributed by atoms with Gasteiger partial charge in [0.25, 0.3) is 0 Å². The molecule has 1 fully saturated rings. The van der Waals surface area contributed by atoms with Crippen molar-refractivity contribution < 1.29 is 9.59 Å². The van der Waals surface area contributed by atoms with Gasteiger partial charge in [0.1, 0.15) is 11.7 Å². The van der Waals surface area contributed by atoms with Crippen LogP contribution in [-0.4, -0.2) is 12.2 Å². The van der Waals surface area contributed by atoms with Crippen molar-refractivity contribution >= 4 is 12.2 Å². The third-order valence-electron chi connectivity index (χ3n) is 2.60. The Balaban J connectivity index is 2.56. The van der Waals surface area contributed by atoms with E-state index in [0.717, 1.165) is 19.1 Å². The summed E-state index contributed by atoms with van der Waals surface area (Å²) in [7, 11) is 0. The summed E-state index contributed by atoms with van der Waals surface area (Å²) in [6.07, 6.45) is 7.53. The van der Waals surface area contributed by atoms with Crippen molar-refractivity contribution in [3.8, 4) is 0 Å². The molecule has 3 nitrogen and oxygen atoms in total. The minimum atomic E-state index is -0.742. The van der Waals surface area contributed by atoms with Gasteiger partial charge in [-0.05, 0) is 25.3 Å². The molecule has 1 aliphatic rings. The van der Waals surface area contributed by atoms with E-state index in [1.807, 2.05) is 6.08 Å². The van der Waals surface area contributed by atoms with Crippen molar-refractivity contribution in [1.82, 2.24) is 5.32 Å². The lowest BCUT2D eigenvalue weighted by molar-refractivity contribution is -0.130. The number of unbranched alkanes of at least 4 members (excludes halogenated alkanes) is 1. The van der Waals surface area contributed by atoms with Crippen LogP contribution in [0.1, 0.15) is 32.6 Å². The third-order valence-corrected chi connectivity index (χ3v) is 2.60. The van der Waals surface area contributed by atoms with Gasteiger partial charge in [0.05, 0.1) is 0 Å². The Kier molecular flexibility index (Phi) is 3.83. The van der Waals surface area contributed by atoms with Crippen molar-refractivity contribution in [2.24, 2.45) is 5.41 Å². The normalized spacial score (nSPS) is 18.1. The van der Waals surface area contributed by atoms with E-state index < -0.39 is 5.41 Å². The van der Waals surface area contributed by atoms with Gasteiger partial charge in [-0.25, -0.2) is 0 Å². The molecular weight excluding hydrogens is 190 g/mol. The Labute approximate surface area is 90.2 Å². The summed E-state index contributed by atoms with van der Waals surface area (Å²) in [5.41, 5.74) is -0.0381. The van der Waals surface area contributed by atoms with E-state index in [2.05, 4.69) is 18.8 Å². The maximum absolute atomic E-state index is 11.7. The fourth-order valence-electron chi connectivity index (χ4n) is 1.27. The molecule has 0 saturated heterocycles. The molecule has 0 heterocycles. The number of nitrogens with one attached hydrogen (secondary N) is 1. The van der Waals surface area contributed by atoms with Crippen LogP contribution in [0.2, 0.25) is 0 Å². The van der Waals surface area contributed by atoms with Gasteiger partial charge in [-0.2, -0.15) is 0 Å². The van der Waals surface area contributed by atoms with Crippen molar-refractivity contribution in [2.75, 3.05) is 0 Å². The van der Waals surface area contributed by atoms with Crippen LogP contribution in [0, 0.1) is 5.41 Å². The molecule has 0 spiro atoms. The molecule has 1 aliphatic carbocycles. The average Bonchev–Trinajstić information content (AvgIpc) is 3.04. The minimum Gasteiger partial charge on any atom is -0.326 e. The van der Waals surface area contributed by atoms with Crippen molar-refractivity contribution in [2.45, 2.75) is 32.6 Å². The molecule has 3 heteroatoms. The monoisotopic (exact) mass is 207 g/mol. The highest BCUT2D eigenvalue weighted by Crippen LogP contribution is 2.43. The smallest absolute Gasteiger partial charge is 0.237 e. The third kappa shape index (κ3) is 2.78. The van der Waals surface area contributed by atoms with Gasteiger partial charge in [-0.1, -0.05) is 26.0 Å². The highest BCUT2D eigenvalue weighted by atomic mass is 16.2. The number of carbonyl (C=O) groups excluding carboxylic acids is 2. The lowest BCUT2D eigenvalue weighted by Crippen LogP contribution is -2.31. The van der Waals surface area contributed by atoms with Gasteiger partial charge >= 0.3 is 0 Å². The summed E-state index contributed by atoms with van der Waals surface area (Å²) in [5, 5.41) is 2.73. The number of hydrogen-bond acceptors (Lipinski definition) is 2. The summed E-state index contributed by atoms with van der Waals surface area (Å²) in [6, 6.07) is 0. The molecule has 0 aromatic rings. The van der Waals surface area contributed by atoms with Crippen LogP contribution >= 0.6 is 0 Å². The number of aldehydes is 1. The standard InChI is InChI=1S/C12H17NO2/c1-3-5-6-10(4-2)13-11(15)12(9-14)7-8-12/h4,6,9H,2-3,5,7-8H2,1H3,(H,13,15)/b10-6+. The lowest BCUT2D eigenvalue weighted by atomic mass is 10.1. The number of allylic oxidation sites excluding steroid dienone is 2. The second-order valence-electron chi connectivity index (χ2n) is 3.88. The van der Waals surface area contributed by atoms with Crippen molar-refractivity contribution in [1.29, 1.82) is 0 Å². The zero-order valence-electron chi connectivity index (χ0n) is 9.08. The van der Waals surface area contributed by atoms with Crippen LogP contribution in [0.3, 0.4) is 0 Å². The van der Waals surface area contributed by atoms with Gasteiger partial charge in [-0.15, -0.1) is 0 Å². The zero-order valence-corrected chi connectivity index (χ0v) is 9.08. The number of hydrogen-bond donors (Lipinski definition) is 1. The molecule has 0 unspecified atom stereocenters. The van der Waals surface area contributed by atoms with Crippen LogP contribution in [0.5, 0.6) is 0 Å². The maximum atomic E-state index is 11.7. The van der Waals surface area contributed by atoms with E-state index in [4.69, 9.17) is 0 Å². The first-order valence-corrected chi connectivity index (χ1v) is 5.29. The molecule has 1 rings (SSSR count). The average molecular weight is 207 g/mol. The minimum absolute atomic E-state index is 0.195. The van der Waals surface area contributed by atoms with Crippen molar-refractivity contribution in [3.63, 3.8) is 0 Å². The van der Waals surface area contributed by atoms with Gasteiger partial charge in [0.15, 0.2) is 0 Å². The summed E-state index contributed by atoms with van der Waals surface area (Å²) >= 11 is 0. The SMILES string of the molecule is C=C/C(=C\CCC)NC(=O)C1(C=O)CC1. The predicted molar refractivity (Wildman–Crippen MR) is 59.1 cm³/mol. The fraction of sp³-hybridized carbons (Fsp3) is 0.500. The molecule has 0 aromatic carbocycles. The Morgan fingerprint density at radius 1 is 1.53 bits per heavy atom. The molecule has 1 amide bonds. The van der Waals surface area contributed by atoms with E-state index in [9.17, 15) is 9.59 Å². The fourth-order valence-corrected chi connectivity index (χ4v) is 1.27. The highest BCUT2D eigenvalue weighted by molar-refractivity contribution is 6.00. The number of rotatable bonds is 6. The van der Waals surface area contributed by atoms with Gasteiger partial charge in [0, 0.05) is 5.70 Å². The molecule has 0 aromatic heterocycles. The second-order valence-corrected chi connectivity index (χ2v) is 3.88. The molecule has 1 saturated carbocycles. The summed E-state index contributed by atoms with van der Waals surface area (Å²) in [4.78, 5) is 22.4. The summed E-state index contributed by atoms with van der Waals surface area (Å²) in [6.45, 7) is 5.69. The molecule has 0 radical (unpaired) electrons. The zero-order chi connectivity index (χ0) is 11.3. The molecule has 0 aliphatic heterocycles. The van der Waals surface area contributed by atoms with Gasteiger partial charge in [0.2, 0.25) is 5.91 Å². The van der Waals surface area contributed by atoms with Crippen LogP contribution in [0.4, 0.5) is 0 Å². The topological polar surface area (TPSA) is 46.2 Å². The Morgan fingerprint density at radius 2 is 2.20 bits per heavy atom. The van der Waals surface area contributed by atoms with Crippen molar-refractivity contribution in [3.05, 3.63) is 24.4 Å². The first-order valence-electron chi connectivity index (χ1n) is 5.29. The number of carbonyl (C=O) groups is 2. The first kappa shape index (κ1) is 11.7. The molecule has 0 bridgehead atoms. The van der Waals surface area contributed by atoms with Crippen LogP contribution in [-0.2, 0) is 9.59 Å². The Hall–Kier alpha value is -1.38. The highest BCUT2D eigenvalue weighted by Gasteiger charge is 2.50. The van der Waals surface area contributed by atoms with Crippen LogP contribution < -0.4 is 5.32 Å². The van der Waals surface area contributed by atoms with Crippen LogP contribution in [0.25, 0.3) is 0 Å². The van der Waals surface area contributed by atoms with E-state index in [1.165, 1.54) is 0 Å². The van der Waals surface area contributed by atoms with E-state index in [-0.39, 0.29) is 5.91 Å². The van der Waals surface area contributed by atoms with E-state index >= 15 is 0 Å². The lowest BCUT2D eigenvalue weighted by Gasteiger charge is -2.09. The quantitative estimate of drug-likeness (QED) is 0.411. The largest absolute Gasteiger partial charge is 0.326 e. The number of amides is 1. The molecular formula is C12H17NO2. The Bertz CT molecular complexity index is 301. The molecule has 1 N–H and O–H groups in total. The van der Waals surface area contributed by atoms with E-state index in [1.54, 1.807) is 6.08 Å². The summed E-state index contributed by atoms with van der Waals surface area (Å²) in [5.74, 6) is -0.195. The Morgan fingerprint density at radius 3 is 2.60 bits per heavy atom. The predicted octanol–water partition coefficient (Wildman–Crippen LogP) is 1.95. The second kappa shape index (κ2) is 4.91. The van der Waals surface area contributed by atoms with E-state index in [0.29, 0.717) is 18.5 Å². The van der Waals surface area contributed by atoms with Crippen LogP contribution in [0.15, 0.2) is 24.4 Å². The molecule has 15 heavy (non-hydrogen) atoms. The molecule has 0 atom stereocenters. The van der Waals surface area contributed by atoms with Gasteiger partial charge in [-0.3, -0.25) is 4.79 Å². The van der Waals surface area contributed by atoms with Gasteiger partial charge < -0.3 is 10.1 Å². The summed E-state index contributed by atoms with van der Waals surface area (Å²) < 4.78 is 0.